The predicted molar refractivity (Wildman–Crippen MR) is 120 cm³/mol. The third kappa shape index (κ3) is 3.84. The van der Waals surface area contributed by atoms with Gasteiger partial charge >= 0.3 is 6.03 Å². The van der Waals surface area contributed by atoms with Crippen LogP contribution in [0.2, 0.25) is 0 Å². The maximum atomic E-state index is 13.5. The number of urea groups is 1. The van der Waals surface area contributed by atoms with Gasteiger partial charge in [-0.25, -0.2) is 24.2 Å². The summed E-state index contributed by atoms with van der Waals surface area (Å²) in [4.78, 5) is 39.0. The topological polar surface area (TPSA) is 81.4 Å². The Hall–Kier alpha value is -3.46. The van der Waals surface area contributed by atoms with E-state index in [1.54, 1.807) is 23.1 Å². The number of carbonyl (C=O) groups excluding carboxylic acids is 2. The van der Waals surface area contributed by atoms with Gasteiger partial charge in [-0.3, -0.25) is 4.79 Å². The van der Waals surface area contributed by atoms with Crippen LogP contribution in [0.15, 0.2) is 59.4 Å². The van der Waals surface area contributed by atoms with Crippen molar-refractivity contribution < 1.29 is 14.2 Å². The lowest BCUT2D eigenvalue weighted by Crippen LogP contribution is -2.46. The molecule has 0 radical (unpaired) electrons. The number of fused-ring (bicyclic) bond motifs is 1. The summed E-state index contributed by atoms with van der Waals surface area (Å²) in [5, 5.41) is 3.34. The smallest absolute Gasteiger partial charge is 0.322 e. The van der Waals surface area contributed by atoms with E-state index in [2.05, 4.69) is 16.9 Å². The van der Waals surface area contributed by atoms with Crippen LogP contribution < -0.4 is 10.2 Å². The van der Waals surface area contributed by atoms with E-state index in [0.717, 1.165) is 23.3 Å². The molecule has 1 saturated carbocycles. The van der Waals surface area contributed by atoms with Crippen molar-refractivity contribution in [3.63, 3.8) is 0 Å². The molecule has 2 aromatic rings. The van der Waals surface area contributed by atoms with E-state index < -0.39 is 0 Å². The first-order valence-corrected chi connectivity index (χ1v) is 10.8. The van der Waals surface area contributed by atoms with E-state index in [1.165, 1.54) is 17.8 Å². The van der Waals surface area contributed by atoms with Gasteiger partial charge in [0, 0.05) is 23.5 Å². The van der Waals surface area contributed by atoms with Crippen LogP contribution in [0.1, 0.15) is 18.4 Å². The molecular formula is C22H21N6O2S+. The predicted octanol–water partition coefficient (Wildman–Crippen LogP) is 3.50. The number of thioether (sulfide) groups is 1. The molecule has 0 bridgehead atoms. The second kappa shape index (κ2) is 7.66. The quantitative estimate of drug-likeness (QED) is 0.428. The second-order valence-electron chi connectivity index (χ2n) is 7.65. The van der Waals surface area contributed by atoms with Crippen LogP contribution in [0.3, 0.4) is 0 Å². The molecule has 0 saturated heterocycles. The van der Waals surface area contributed by atoms with Crippen molar-refractivity contribution in [3.05, 3.63) is 59.8 Å². The summed E-state index contributed by atoms with van der Waals surface area (Å²) in [5.74, 6) is 0.276. The van der Waals surface area contributed by atoms with Crippen molar-refractivity contribution in [2.75, 3.05) is 17.3 Å². The SMILES string of the molecule is C=CC(=O)Nc1cccc(N2C(=O)N(C3CC3)Cc3cnc(SC4=C[N+](C)=C4)nc32)c1. The van der Waals surface area contributed by atoms with Gasteiger partial charge in [-0.2, -0.15) is 0 Å². The maximum absolute atomic E-state index is 13.5. The summed E-state index contributed by atoms with van der Waals surface area (Å²) in [5.41, 5.74) is 2.13. The van der Waals surface area contributed by atoms with Crippen molar-refractivity contribution in [1.29, 1.82) is 0 Å². The number of hydrogen-bond donors (Lipinski definition) is 1. The van der Waals surface area contributed by atoms with Crippen molar-refractivity contribution in [2.45, 2.75) is 30.6 Å². The molecule has 9 heteroatoms. The van der Waals surface area contributed by atoms with Gasteiger partial charge in [0.1, 0.15) is 12.0 Å². The molecule has 1 fully saturated rings. The zero-order valence-electron chi connectivity index (χ0n) is 17.0. The van der Waals surface area contributed by atoms with E-state index in [4.69, 9.17) is 4.98 Å². The molecule has 1 N–H and O–H groups in total. The molecule has 3 aliphatic rings. The van der Waals surface area contributed by atoms with Crippen molar-refractivity contribution >= 4 is 47.1 Å². The highest BCUT2D eigenvalue weighted by molar-refractivity contribution is 8.03. The lowest BCUT2D eigenvalue weighted by atomic mass is 10.1. The molecule has 0 unspecified atom stereocenters. The van der Waals surface area contributed by atoms with E-state index >= 15 is 0 Å². The molecule has 1 aromatic carbocycles. The highest BCUT2D eigenvalue weighted by Gasteiger charge is 2.41. The fourth-order valence-corrected chi connectivity index (χ4v) is 4.46. The Bertz CT molecular complexity index is 1170. The van der Waals surface area contributed by atoms with Crippen LogP contribution in [-0.4, -0.2) is 50.7 Å². The molecule has 0 spiro atoms. The molecule has 1 aromatic heterocycles. The van der Waals surface area contributed by atoms with Gasteiger partial charge < -0.3 is 10.2 Å². The minimum Gasteiger partial charge on any atom is -0.322 e. The molecule has 0 atom stereocenters. The monoisotopic (exact) mass is 433 g/mol. The first-order valence-electron chi connectivity index (χ1n) is 9.98. The molecule has 3 amide bonds. The highest BCUT2D eigenvalue weighted by atomic mass is 32.2. The second-order valence-corrected chi connectivity index (χ2v) is 8.69. The summed E-state index contributed by atoms with van der Waals surface area (Å²) < 4.78 is 1.97. The Kier molecular flexibility index (Phi) is 4.82. The summed E-state index contributed by atoms with van der Waals surface area (Å²) in [6, 6.07) is 7.34. The van der Waals surface area contributed by atoms with Gasteiger partial charge in [0.15, 0.2) is 23.4 Å². The van der Waals surface area contributed by atoms with E-state index in [1.807, 2.05) is 41.2 Å². The van der Waals surface area contributed by atoms with Crippen LogP contribution in [0.25, 0.3) is 0 Å². The van der Waals surface area contributed by atoms with Gasteiger partial charge in [0.25, 0.3) is 0 Å². The molecule has 2 aliphatic heterocycles. The lowest BCUT2D eigenvalue weighted by molar-refractivity contribution is -0.427. The van der Waals surface area contributed by atoms with Crippen molar-refractivity contribution in [3.8, 4) is 0 Å². The molecule has 156 valence electrons. The molecule has 1 aliphatic carbocycles. The minimum atomic E-state index is -0.307. The molecule has 31 heavy (non-hydrogen) atoms. The van der Waals surface area contributed by atoms with Crippen molar-refractivity contribution in [2.24, 2.45) is 0 Å². The van der Waals surface area contributed by atoms with Crippen LogP contribution >= 0.6 is 11.8 Å². The lowest BCUT2D eigenvalue weighted by Gasteiger charge is -2.36. The molecule has 3 heterocycles. The average molecular weight is 434 g/mol. The summed E-state index contributed by atoms with van der Waals surface area (Å²) in [7, 11) is 1.96. The molecule has 8 nitrogen and oxygen atoms in total. The average Bonchev–Trinajstić information content (AvgIpc) is 3.57. The molecular weight excluding hydrogens is 412 g/mol. The number of amides is 3. The van der Waals surface area contributed by atoms with Gasteiger partial charge in [0.05, 0.1) is 12.2 Å². The van der Waals surface area contributed by atoms with E-state index in [-0.39, 0.29) is 18.0 Å². The first kappa shape index (κ1) is 19.5. The highest BCUT2D eigenvalue weighted by Crippen LogP contribution is 2.40. The first-order chi connectivity index (χ1) is 15.0. The number of nitrogens with zero attached hydrogens (tertiary/aromatic N) is 5. The number of hydrogen-bond acceptors (Lipinski definition) is 5. The zero-order valence-corrected chi connectivity index (χ0v) is 17.8. The number of allylic oxidation sites excluding steroid dienone is 1. The fraction of sp³-hybridized carbons (Fsp3) is 0.227. The standard InChI is InChI=1S/C22H20N6O2S/c1-3-19(29)24-15-5-4-6-17(9-15)28-20-14(11-27(22(28)30)16-7-8-16)10-23-21(25-20)31-18-12-26(2)13-18/h3-6,9-10,12-13,16H,1,7-8,11H2,2H3/p+1. The Labute approximate surface area is 184 Å². The molecule has 5 rings (SSSR count). The van der Waals surface area contributed by atoms with Crippen LogP contribution in [0.4, 0.5) is 22.0 Å². The number of nitrogens with one attached hydrogen (secondary N) is 1. The van der Waals surface area contributed by atoms with Crippen LogP contribution in [-0.2, 0) is 11.3 Å². The maximum Gasteiger partial charge on any atom is 0.330 e. The fourth-order valence-electron chi connectivity index (χ4n) is 3.57. The number of anilines is 3. The minimum absolute atomic E-state index is 0.106. The summed E-state index contributed by atoms with van der Waals surface area (Å²) in [6.45, 7) is 3.99. The van der Waals surface area contributed by atoms with Gasteiger partial charge in [-0.1, -0.05) is 12.6 Å². The van der Waals surface area contributed by atoms with Crippen LogP contribution in [0.5, 0.6) is 0 Å². The Balaban J connectivity index is 1.53. The number of aromatic nitrogens is 2. The zero-order chi connectivity index (χ0) is 21.5. The largest absolute Gasteiger partial charge is 0.330 e. The number of benzene rings is 1. The van der Waals surface area contributed by atoms with E-state index in [9.17, 15) is 9.59 Å². The third-order valence-corrected chi connectivity index (χ3v) is 6.05. The Morgan fingerprint density at radius 2 is 2.19 bits per heavy atom. The number of rotatable bonds is 6. The Morgan fingerprint density at radius 3 is 2.90 bits per heavy atom. The van der Waals surface area contributed by atoms with Gasteiger partial charge in [0.2, 0.25) is 5.91 Å². The Morgan fingerprint density at radius 1 is 1.39 bits per heavy atom. The number of carbonyl (C=O) groups is 2. The van der Waals surface area contributed by atoms with Crippen LogP contribution in [0, 0.1) is 0 Å². The van der Waals surface area contributed by atoms with Crippen molar-refractivity contribution in [1.82, 2.24) is 14.9 Å². The van der Waals surface area contributed by atoms with Gasteiger partial charge in [-0.15, -0.1) is 0 Å². The van der Waals surface area contributed by atoms with Gasteiger partial charge in [-0.05, 0) is 48.9 Å². The third-order valence-electron chi connectivity index (χ3n) is 5.22. The summed E-state index contributed by atoms with van der Waals surface area (Å²) >= 11 is 1.46. The van der Waals surface area contributed by atoms with E-state index in [0.29, 0.717) is 28.9 Å². The normalized spacial score (nSPS) is 17.4. The summed E-state index contributed by atoms with van der Waals surface area (Å²) in [6.07, 6.45) is 9.04.